The summed E-state index contributed by atoms with van der Waals surface area (Å²) in [6.45, 7) is 0. The van der Waals surface area contributed by atoms with E-state index in [4.69, 9.17) is 20.4 Å². The van der Waals surface area contributed by atoms with Gasteiger partial charge >= 0.3 is 110 Å². The van der Waals surface area contributed by atoms with Crippen molar-refractivity contribution in [3.63, 3.8) is 0 Å². The molecule has 0 aliphatic carbocycles. The predicted molar refractivity (Wildman–Crippen MR) is 117 cm³/mol. The molecule has 0 amide bonds. The van der Waals surface area contributed by atoms with Crippen molar-refractivity contribution < 1.29 is 249 Å². The van der Waals surface area contributed by atoms with Gasteiger partial charge in [-0.05, 0) is 0 Å². The third kappa shape index (κ3) is 38.4. The van der Waals surface area contributed by atoms with Gasteiger partial charge in [0.2, 0.25) is 0 Å². The summed E-state index contributed by atoms with van der Waals surface area (Å²) in [6, 6.07) is 0. The largest absolute Gasteiger partial charge is 2.00 e. The number of hydrogen-bond donors (Lipinski definition) is 4. The normalized spacial score (nSPS) is 9.72. The van der Waals surface area contributed by atoms with Crippen LogP contribution in [0.5, 0.6) is 0 Å². The summed E-state index contributed by atoms with van der Waals surface area (Å²) >= 11 is 0. The Balaban J connectivity index is -0.0000000640. The molecular formula is C24H20Cu3O28Zn3. The van der Waals surface area contributed by atoms with Crippen molar-refractivity contribution in [3.8, 4) is 0 Å². The number of carboxylic acids is 12. The van der Waals surface area contributed by atoms with Crippen LogP contribution in [-0.2, 0) is 167 Å². The minimum atomic E-state index is -2.97. The first-order valence-electron chi connectivity index (χ1n) is 12.5. The molecular weight excluding hydrogens is 1120 g/mol. The first-order chi connectivity index (χ1) is 23.1. The van der Waals surface area contributed by atoms with Crippen LogP contribution >= 0.6 is 0 Å². The van der Waals surface area contributed by atoms with E-state index in [-0.39, 0.29) is 110 Å². The molecule has 28 nitrogen and oxygen atoms in total. The van der Waals surface area contributed by atoms with E-state index in [1.165, 1.54) is 0 Å². The molecule has 0 fully saturated rings. The van der Waals surface area contributed by atoms with Crippen LogP contribution < -0.4 is 61.3 Å². The van der Waals surface area contributed by atoms with E-state index >= 15 is 0 Å². The summed E-state index contributed by atoms with van der Waals surface area (Å²) < 4.78 is 0. The van der Waals surface area contributed by atoms with Gasteiger partial charge in [0, 0.05) is 99.1 Å². The van der Waals surface area contributed by atoms with Crippen molar-refractivity contribution in [3.05, 3.63) is 0 Å². The molecule has 58 heavy (non-hydrogen) atoms. The van der Waals surface area contributed by atoms with Crippen LogP contribution in [0.15, 0.2) is 0 Å². The monoisotopic (exact) mass is 1140 g/mol. The average Bonchev–Trinajstić information content (AvgIpc) is 2.85. The van der Waals surface area contributed by atoms with Crippen LogP contribution in [-0.4, -0.2) is 114 Å². The van der Waals surface area contributed by atoms with E-state index in [9.17, 15) is 119 Å². The average molecular weight is 1140 g/mol. The van der Waals surface area contributed by atoms with E-state index in [0.29, 0.717) is 0 Å². The number of aliphatic carboxylic acids is 12. The first kappa shape index (κ1) is 79.1. The van der Waals surface area contributed by atoms with Gasteiger partial charge in [0.05, 0.1) is 23.9 Å². The molecule has 0 unspecified atom stereocenters. The molecule has 0 rings (SSSR count). The molecule has 0 aromatic carbocycles. The number of carbonyl (C=O) groups is 12. The van der Waals surface area contributed by atoms with Gasteiger partial charge in [-0.15, -0.1) is 0 Å². The Morgan fingerprint density at radius 1 is 0.259 bits per heavy atom. The Morgan fingerprint density at radius 2 is 0.328 bits per heavy atom. The molecule has 0 atom stereocenters. The number of carboxylic acid groups (broad SMARTS) is 12. The first-order valence-corrected chi connectivity index (χ1v) is 12.5. The smallest absolute Gasteiger partial charge is 0.550 e. The molecule has 0 aromatic heterocycles. The van der Waals surface area contributed by atoms with Crippen LogP contribution in [0.4, 0.5) is 0 Å². The van der Waals surface area contributed by atoms with E-state index in [0.717, 1.165) is 0 Å². The van der Waals surface area contributed by atoms with E-state index < -0.39 is 145 Å². The van der Waals surface area contributed by atoms with Gasteiger partial charge in [-0.1, -0.05) is 0 Å². The molecule has 0 aliphatic heterocycles. The molecule has 4 N–H and O–H groups in total. The summed E-state index contributed by atoms with van der Waals surface area (Å²) in [4.78, 5) is 120. The fourth-order valence-electron chi connectivity index (χ4n) is 2.74. The van der Waals surface area contributed by atoms with E-state index in [1.807, 2.05) is 0 Å². The Hall–Kier alpha value is -3.09. The third-order valence-electron chi connectivity index (χ3n) is 5.01. The number of aliphatic hydroxyl groups is 4. The molecule has 0 bridgehead atoms. The zero-order chi connectivity index (χ0) is 42.6. The minimum absolute atomic E-state index is 0. The van der Waals surface area contributed by atoms with Gasteiger partial charge in [0.1, 0.15) is 22.4 Å². The van der Waals surface area contributed by atoms with Crippen LogP contribution in [0.2, 0.25) is 0 Å². The second kappa shape index (κ2) is 35.8. The zero-order valence-electron chi connectivity index (χ0n) is 28.3. The van der Waals surface area contributed by atoms with Crippen LogP contribution in [0.1, 0.15) is 51.4 Å². The van der Waals surface area contributed by atoms with E-state index in [2.05, 4.69) is 0 Å². The SMILES string of the molecule is O=C([O-])CC(O)(CC(=O)[O-])C(=O)[O-].O=C([O-])CC(O)(CC(=O)[O-])C(=O)[O-].O=C([O-])CC(O)(CC(=O)[O-])C(=O)[O-].O=C([O-])CC(O)(CC(=O)[O-])C(=O)[O-].[Cu+2].[Cu+2].[Cu+2].[Zn+2].[Zn+2].[Zn+2]. The molecule has 0 saturated carbocycles. The number of carbonyl (C=O) groups excluding carboxylic acids is 12. The standard InChI is InChI=1S/4C6H8O7.3Cu.3Zn/c4*7-3(8)1-6(13,5(11)12)2-4(9)10;;;;;;/h4*13H,1-2H2,(H,7,8)(H,9,10)(H,11,12);;;;;;/q;;;;6*+2/p-12. The summed E-state index contributed by atoms with van der Waals surface area (Å²) in [5.41, 5.74) is -11.9. The van der Waals surface area contributed by atoms with Crippen LogP contribution in [0.3, 0.4) is 0 Å². The third-order valence-corrected chi connectivity index (χ3v) is 5.01. The number of hydrogen-bond acceptors (Lipinski definition) is 28. The summed E-state index contributed by atoms with van der Waals surface area (Å²) in [7, 11) is 0. The van der Waals surface area contributed by atoms with Crippen molar-refractivity contribution in [2.45, 2.75) is 73.8 Å². The van der Waals surface area contributed by atoms with Crippen LogP contribution in [0.25, 0.3) is 0 Å². The van der Waals surface area contributed by atoms with Crippen molar-refractivity contribution >= 4 is 71.6 Å². The Labute approximate surface area is 391 Å². The van der Waals surface area contributed by atoms with Crippen LogP contribution in [0, 0.1) is 0 Å². The van der Waals surface area contributed by atoms with Gasteiger partial charge in [0.15, 0.2) is 0 Å². The number of rotatable bonds is 20. The molecule has 323 valence electrons. The maximum absolute atomic E-state index is 10.1. The molecule has 0 spiro atoms. The maximum Gasteiger partial charge on any atom is 2.00 e. The van der Waals surface area contributed by atoms with Crippen molar-refractivity contribution in [2.75, 3.05) is 0 Å². The zero-order valence-corrected chi connectivity index (χ0v) is 40.0. The molecule has 0 heterocycles. The second-order valence-corrected chi connectivity index (χ2v) is 9.67. The molecule has 0 aliphatic rings. The molecule has 0 saturated heterocycles. The van der Waals surface area contributed by atoms with E-state index in [1.54, 1.807) is 0 Å². The van der Waals surface area contributed by atoms with Crippen molar-refractivity contribution in [1.82, 2.24) is 0 Å². The topological polar surface area (TPSA) is 562 Å². The summed E-state index contributed by atoms with van der Waals surface area (Å²) in [5, 5.41) is 156. The molecule has 0 aromatic rings. The maximum atomic E-state index is 10.1. The Bertz CT molecular complexity index is 1150. The fraction of sp³-hybridized carbons (Fsp3) is 0.500. The van der Waals surface area contributed by atoms with Gasteiger partial charge < -0.3 is 139 Å². The Morgan fingerprint density at radius 3 is 0.362 bits per heavy atom. The van der Waals surface area contributed by atoms with Gasteiger partial charge in [-0.25, -0.2) is 0 Å². The van der Waals surface area contributed by atoms with Crippen molar-refractivity contribution in [1.29, 1.82) is 0 Å². The van der Waals surface area contributed by atoms with Gasteiger partial charge in [-0.3, -0.25) is 0 Å². The summed E-state index contributed by atoms with van der Waals surface area (Å²) in [6.07, 6.45) is -10.9. The second-order valence-electron chi connectivity index (χ2n) is 9.67. The quantitative estimate of drug-likeness (QED) is 0.0822. The molecule has 3 radical (unpaired) electrons. The molecule has 34 heteroatoms. The summed E-state index contributed by atoms with van der Waals surface area (Å²) in [5.74, 6) is -23.9. The minimum Gasteiger partial charge on any atom is -0.550 e. The van der Waals surface area contributed by atoms with Gasteiger partial charge in [0.25, 0.3) is 0 Å². The predicted octanol–water partition coefficient (Wildman–Crippen LogP) is -21.0. The van der Waals surface area contributed by atoms with Crippen molar-refractivity contribution in [2.24, 2.45) is 0 Å². The van der Waals surface area contributed by atoms with Gasteiger partial charge in [-0.2, -0.15) is 0 Å². The Kier molecular flexibility index (Phi) is 48.9. The fourth-order valence-corrected chi connectivity index (χ4v) is 2.74.